The number of carboxylic acids is 1. The van der Waals surface area contributed by atoms with Crippen molar-refractivity contribution in [2.24, 2.45) is 16.7 Å². The Balaban J connectivity index is 1.49. The number of piperidine rings is 1. The van der Waals surface area contributed by atoms with Gasteiger partial charge < -0.3 is 14.7 Å². The lowest BCUT2D eigenvalue weighted by Gasteiger charge is -2.71. The van der Waals surface area contributed by atoms with Gasteiger partial charge in [0.1, 0.15) is 5.60 Å². The van der Waals surface area contributed by atoms with Crippen molar-refractivity contribution in [2.45, 2.75) is 58.5 Å². The highest BCUT2D eigenvalue weighted by Gasteiger charge is 2.73. The highest BCUT2D eigenvalue weighted by atomic mass is 16.6. The second-order valence-electron chi connectivity index (χ2n) is 8.22. The SMILES string of the molecule is CC(C)(C)OC(=O)N1CCC(C23CC(C(=O)O)(C2)C3)CC1. The third kappa shape index (κ3) is 2.30. The average molecular weight is 295 g/mol. The highest BCUT2D eigenvalue weighted by Crippen LogP contribution is 2.77. The van der Waals surface area contributed by atoms with Crippen molar-refractivity contribution in [3.63, 3.8) is 0 Å². The molecule has 1 heterocycles. The zero-order valence-corrected chi connectivity index (χ0v) is 13.1. The number of carbonyl (C=O) groups excluding carboxylic acids is 1. The van der Waals surface area contributed by atoms with Crippen LogP contribution in [0.15, 0.2) is 0 Å². The van der Waals surface area contributed by atoms with Crippen molar-refractivity contribution in [1.82, 2.24) is 4.90 Å². The van der Waals surface area contributed by atoms with Crippen molar-refractivity contribution >= 4 is 12.1 Å². The Hall–Kier alpha value is -1.26. The van der Waals surface area contributed by atoms with E-state index in [0.717, 1.165) is 45.2 Å². The third-order valence-electron chi connectivity index (χ3n) is 5.54. The zero-order valence-electron chi connectivity index (χ0n) is 13.1. The van der Waals surface area contributed by atoms with Crippen molar-refractivity contribution in [3.8, 4) is 0 Å². The monoisotopic (exact) mass is 295 g/mol. The topological polar surface area (TPSA) is 66.8 Å². The van der Waals surface area contributed by atoms with E-state index in [2.05, 4.69) is 0 Å². The second kappa shape index (κ2) is 4.37. The molecule has 1 N–H and O–H groups in total. The van der Waals surface area contributed by atoms with Gasteiger partial charge in [0.05, 0.1) is 5.41 Å². The largest absolute Gasteiger partial charge is 0.481 e. The van der Waals surface area contributed by atoms with E-state index in [-0.39, 0.29) is 16.9 Å². The summed E-state index contributed by atoms with van der Waals surface area (Å²) in [5.41, 5.74) is -0.559. The number of carbonyl (C=O) groups is 2. The fourth-order valence-electron chi connectivity index (χ4n) is 4.53. The predicted molar refractivity (Wildman–Crippen MR) is 76.9 cm³/mol. The number of likely N-dealkylation sites (tertiary alicyclic amines) is 1. The van der Waals surface area contributed by atoms with Gasteiger partial charge in [-0.15, -0.1) is 0 Å². The Morgan fingerprint density at radius 2 is 1.67 bits per heavy atom. The number of amides is 1. The summed E-state index contributed by atoms with van der Waals surface area (Å²) in [4.78, 5) is 25.0. The summed E-state index contributed by atoms with van der Waals surface area (Å²) in [6.45, 7) is 7.11. The first-order chi connectivity index (χ1) is 9.66. The van der Waals surface area contributed by atoms with E-state index in [1.54, 1.807) is 4.90 Å². The summed E-state index contributed by atoms with van der Waals surface area (Å²) in [5, 5.41) is 9.20. The van der Waals surface area contributed by atoms with Gasteiger partial charge in [-0.05, 0) is 64.2 Å². The van der Waals surface area contributed by atoms with E-state index in [4.69, 9.17) is 4.74 Å². The minimum absolute atomic E-state index is 0.222. The van der Waals surface area contributed by atoms with Crippen LogP contribution in [0.5, 0.6) is 0 Å². The zero-order chi connectivity index (χ0) is 15.5. The van der Waals surface area contributed by atoms with Crippen LogP contribution in [0.3, 0.4) is 0 Å². The lowest BCUT2D eigenvalue weighted by atomic mass is 9.31. The van der Waals surface area contributed by atoms with Crippen LogP contribution in [0.2, 0.25) is 0 Å². The Morgan fingerprint density at radius 1 is 1.14 bits per heavy atom. The molecule has 21 heavy (non-hydrogen) atoms. The number of hydrogen-bond donors (Lipinski definition) is 1. The van der Waals surface area contributed by atoms with Gasteiger partial charge in [0.2, 0.25) is 0 Å². The fraction of sp³-hybridized carbons (Fsp3) is 0.875. The molecule has 5 heteroatoms. The smallest absolute Gasteiger partial charge is 0.410 e. The summed E-state index contributed by atoms with van der Waals surface area (Å²) in [7, 11) is 0. The first kappa shape index (κ1) is 14.7. The predicted octanol–water partition coefficient (Wildman–Crippen LogP) is 2.89. The number of aliphatic carboxylic acids is 1. The standard InChI is InChI=1S/C16H25NO4/c1-14(2,3)21-13(20)17-6-4-11(5-7-17)15-8-16(9-15,10-15)12(18)19/h11H,4-10H2,1-3H3,(H,18,19). The number of nitrogens with zero attached hydrogens (tertiary/aromatic N) is 1. The average Bonchev–Trinajstić information content (AvgIpc) is 2.23. The van der Waals surface area contributed by atoms with Crippen LogP contribution in [-0.2, 0) is 9.53 Å². The summed E-state index contributed by atoms with van der Waals surface area (Å²) in [6.07, 6.45) is 4.30. The van der Waals surface area contributed by atoms with E-state index in [1.165, 1.54) is 0 Å². The lowest BCUT2D eigenvalue weighted by molar-refractivity contribution is -0.247. The van der Waals surface area contributed by atoms with E-state index < -0.39 is 11.6 Å². The number of hydrogen-bond acceptors (Lipinski definition) is 3. The molecular weight excluding hydrogens is 270 g/mol. The number of carboxylic acid groups (broad SMARTS) is 1. The molecular formula is C16H25NO4. The molecule has 0 aromatic carbocycles. The molecule has 0 aromatic heterocycles. The molecule has 3 saturated carbocycles. The van der Waals surface area contributed by atoms with E-state index in [1.807, 2.05) is 20.8 Å². The van der Waals surface area contributed by atoms with Crippen LogP contribution >= 0.6 is 0 Å². The van der Waals surface area contributed by atoms with Crippen molar-refractivity contribution in [2.75, 3.05) is 13.1 Å². The van der Waals surface area contributed by atoms with E-state index in [0.29, 0.717) is 5.92 Å². The molecule has 4 fully saturated rings. The van der Waals surface area contributed by atoms with Crippen molar-refractivity contribution in [1.29, 1.82) is 0 Å². The summed E-state index contributed by atoms with van der Waals surface area (Å²) >= 11 is 0. The van der Waals surface area contributed by atoms with Crippen LogP contribution in [0.1, 0.15) is 52.9 Å². The van der Waals surface area contributed by atoms with Crippen molar-refractivity contribution < 1.29 is 19.4 Å². The van der Waals surface area contributed by atoms with E-state index >= 15 is 0 Å². The van der Waals surface area contributed by atoms with Gasteiger partial charge in [-0.25, -0.2) is 4.79 Å². The molecule has 4 aliphatic rings. The summed E-state index contributed by atoms with van der Waals surface area (Å²) < 4.78 is 5.40. The van der Waals surface area contributed by atoms with Gasteiger partial charge in [-0.2, -0.15) is 0 Å². The third-order valence-corrected chi connectivity index (χ3v) is 5.54. The Kier molecular flexibility index (Phi) is 3.05. The normalized spacial score (nSPS) is 35.7. The van der Waals surface area contributed by atoms with Gasteiger partial charge in [0.15, 0.2) is 0 Å². The van der Waals surface area contributed by atoms with Crippen LogP contribution < -0.4 is 0 Å². The second-order valence-corrected chi connectivity index (χ2v) is 8.22. The Bertz CT molecular complexity index is 451. The minimum Gasteiger partial charge on any atom is -0.481 e. The maximum atomic E-state index is 12.0. The maximum absolute atomic E-state index is 12.0. The minimum atomic E-state index is -0.615. The van der Waals surface area contributed by atoms with Crippen LogP contribution in [0, 0.1) is 16.7 Å². The fourth-order valence-corrected chi connectivity index (χ4v) is 4.53. The van der Waals surface area contributed by atoms with Crippen LogP contribution in [0.25, 0.3) is 0 Å². The number of rotatable bonds is 2. The molecule has 3 aliphatic carbocycles. The molecule has 1 aliphatic heterocycles. The molecule has 2 bridgehead atoms. The molecule has 118 valence electrons. The van der Waals surface area contributed by atoms with Gasteiger partial charge in [0, 0.05) is 13.1 Å². The molecule has 4 rings (SSSR count). The molecule has 0 atom stereocenters. The van der Waals surface area contributed by atoms with Crippen molar-refractivity contribution in [3.05, 3.63) is 0 Å². The molecule has 1 amide bonds. The van der Waals surface area contributed by atoms with Crippen LogP contribution in [0.4, 0.5) is 4.79 Å². The number of ether oxygens (including phenoxy) is 1. The van der Waals surface area contributed by atoms with Gasteiger partial charge in [-0.3, -0.25) is 4.79 Å². The molecule has 0 radical (unpaired) electrons. The van der Waals surface area contributed by atoms with Crippen LogP contribution in [-0.4, -0.2) is 40.8 Å². The first-order valence-electron chi connectivity index (χ1n) is 7.87. The van der Waals surface area contributed by atoms with Gasteiger partial charge in [0.25, 0.3) is 0 Å². The van der Waals surface area contributed by atoms with Gasteiger partial charge >= 0.3 is 12.1 Å². The van der Waals surface area contributed by atoms with E-state index in [9.17, 15) is 14.7 Å². The molecule has 0 aromatic rings. The highest BCUT2D eigenvalue weighted by molar-refractivity contribution is 5.79. The Labute approximate surface area is 125 Å². The van der Waals surface area contributed by atoms with Gasteiger partial charge in [-0.1, -0.05) is 0 Å². The molecule has 0 unspecified atom stereocenters. The first-order valence-corrected chi connectivity index (χ1v) is 7.87. The Morgan fingerprint density at radius 3 is 2.10 bits per heavy atom. The molecule has 1 saturated heterocycles. The molecule has 5 nitrogen and oxygen atoms in total. The quantitative estimate of drug-likeness (QED) is 0.850. The molecule has 0 spiro atoms. The maximum Gasteiger partial charge on any atom is 0.410 e. The summed E-state index contributed by atoms with van der Waals surface area (Å²) in [5.74, 6) is -0.0343. The summed E-state index contributed by atoms with van der Waals surface area (Å²) in [6, 6.07) is 0. The lowest BCUT2D eigenvalue weighted by Crippen LogP contribution is -2.68.